The minimum atomic E-state index is 0.127. The number of aryl methyl sites for hydroxylation is 2. The molecule has 1 aromatic heterocycles. The highest BCUT2D eigenvalue weighted by Crippen LogP contribution is 2.29. The molecule has 0 aliphatic heterocycles. The Labute approximate surface area is 123 Å². The molecule has 0 radical (unpaired) electrons. The molecule has 3 nitrogen and oxygen atoms in total. The summed E-state index contributed by atoms with van der Waals surface area (Å²) >= 11 is 0. The summed E-state index contributed by atoms with van der Waals surface area (Å²) in [5, 5.41) is 3.63. The Morgan fingerprint density at radius 1 is 1.35 bits per heavy atom. The Balaban J connectivity index is 2.32. The smallest absolute Gasteiger partial charge is 0.133 e. The molecule has 0 bridgehead atoms. The van der Waals surface area contributed by atoms with Crippen LogP contribution < -0.4 is 10.2 Å². The summed E-state index contributed by atoms with van der Waals surface area (Å²) in [6.07, 6.45) is 3.75. The first kappa shape index (κ1) is 15.3. The second-order valence-corrected chi connectivity index (χ2v) is 6.76. The van der Waals surface area contributed by atoms with Gasteiger partial charge in [0.05, 0.1) is 0 Å². The Kier molecular flexibility index (Phi) is 4.38. The van der Waals surface area contributed by atoms with Gasteiger partial charge in [0.25, 0.3) is 0 Å². The zero-order chi connectivity index (χ0) is 14.9. The predicted molar refractivity (Wildman–Crippen MR) is 86.3 cm³/mol. The van der Waals surface area contributed by atoms with Crippen LogP contribution in [0.25, 0.3) is 0 Å². The Hall–Kier alpha value is -1.09. The molecule has 0 saturated heterocycles. The zero-order valence-corrected chi connectivity index (χ0v) is 13.9. The van der Waals surface area contributed by atoms with Crippen LogP contribution in [-0.2, 0) is 6.54 Å². The van der Waals surface area contributed by atoms with Gasteiger partial charge in [-0.05, 0) is 58.6 Å². The quantitative estimate of drug-likeness (QED) is 0.860. The second-order valence-electron chi connectivity index (χ2n) is 6.76. The number of pyridine rings is 1. The molecular weight excluding hydrogens is 246 g/mol. The molecule has 2 rings (SSSR count). The number of hydrogen-bond donors (Lipinski definition) is 1. The minimum absolute atomic E-state index is 0.127. The summed E-state index contributed by atoms with van der Waals surface area (Å²) in [5.74, 6) is 1.14. The van der Waals surface area contributed by atoms with Crippen LogP contribution in [0, 0.1) is 13.8 Å². The highest BCUT2D eigenvalue weighted by Gasteiger charge is 2.26. The summed E-state index contributed by atoms with van der Waals surface area (Å²) in [6.45, 7) is 12.0. The monoisotopic (exact) mass is 275 g/mol. The van der Waals surface area contributed by atoms with Crippen molar-refractivity contribution < 1.29 is 0 Å². The van der Waals surface area contributed by atoms with Crippen molar-refractivity contribution in [3.63, 3.8) is 0 Å². The molecule has 1 aromatic rings. The fourth-order valence-corrected chi connectivity index (χ4v) is 2.40. The molecule has 0 spiro atoms. The van der Waals surface area contributed by atoms with Crippen molar-refractivity contribution in [3.8, 4) is 0 Å². The van der Waals surface area contributed by atoms with E-state index in [4.69, 9.17) is 4.98 Å². The molecule has 0 atom stereocenters. The highest BCUT2D eigenvalue weighted by molar-refractivity contribution is 5.52. The number of anilines is 1. The maximum absolute atomic E-state index is 4.83. The maximum atomic E-state index is 4.83. The van der Waals surface area contributed by atoms with Crippen molar-refractivity contribution in [1.29, 1.82) is 0 Å². The van der Waals surface area contributed by atoms with Crippen LogP contribution in [-0.4, -0.2) is 23.6 Å². The second kappa shape index (κ2) is 5.72. The van der Waals surface area contributed by atoms with Crippen molar-refractivity contribution in [3.05, 3.63) is 22.9 Å². The van der Waals surface area contributed by atoms with Gasteiger partial charge in [-0.1, -0.05) is 6.92 Å². The lowest BCUT2D eigenvalue weighted by atomic mass is 9.98. The fraction of sp³-hybridized carbons (Fsp3) is 0.706. The molecule has 1 fully saturated rings. The lowest BCUT2D eigenvalue weighted by molar-refractivity contribution is 0.465. The molecule has 112 valence electrons. The Bertz CT molecular complexity index is 475. The topological polar surface area (TPSA) is 28.2 Å². The zero-order valence-electron chi connectivity index (χ0n) is 13.9. The van der Waals surface area contributed by atoms with E-state index in [2.05, 4.69) is 57.9 Å². The number of rotatable bonds is 6. The molecule has 1 N–H and O–H groups in total. The van der Waals surface area contributed by atoms with Gasteiger partial charge < -0.3 is 10.2 Å². The number of nitrogens with zero attached hydrogens (tertiary/aromatic N) is 2. The van der Waals surface area contributed by atoms with Crippen LogP contribution in [0.2, 0.25) is 0 Å². The van der Waals surface area contributed by atoms with Crippen molar-refractivity contribution in [2.24, 2.45) is 0 Å². The van der Waals surface area contributed by atoms with Crippen molar-refractivity contribution in [2.45, 2.75) is 72.0 Å². The average molecular weight is 275 g/mol. The molecule has 1 aliphatic carbocycles. The molecule has 0 amide bonds. The summed E-state index contributed by atoms with van der Waals surface area (Å²) in [4.78, 5) is 7.18. The molecule has 1 heterocycles. The summed E-state index contributed by atoms with van der Waals surface area (Å²) in [7, 11) is 2.17. The van der Waals surface area contributed by atoms with Gasteiger partial charge in [0, 0.05) is 36.4 Å². The Morgan fingerprint density at radius 2 is 2.00 bits per heavy atom. The van der Waals surface area contributed by atoms with E-state index < -0.39 is 0 Å². The summed E-state index contributed by atoms with van der Waals surface area (Å²) in [5.41, 5.74) is 3.93. The number of aromatic nitrogens is 1. The van der Waals surface area contributed by atoms with Crippen LogP contribution in [0.15, 0.2) is 6.07 Å². The third-order valence-corrected chi connectivity index (χ3v) is 4.69. The van der Waals surface area contributed by atoms with Gasteiger partial charge in [-0.25, -0.2) is 4.98 Å². The van der Waals surface area contributed by atoms with E-state index >= 15 is 0 Å². The number of hydrogen-bond acceptors (Lipinski definition) is 3. The van der Waals surface area contributed by atoms with Crippen LogP contribution >= 0.6 is 0 Å². The van der Waals surface area contributed by atoms with Gasteiger partial charge in [0.1, 0.15) is 5.82 Å². The van der Waals surface area contributed by atoms with Crippen LogP contribution in [0.4, 0.5) is 5.82 Å². The highest BCUT2D eigenvalue weighted by atomic mass is 15.2. The largest absolute Gasteiger partial charge is 0.354 e. The van der Waals surface area contributed by atoms with Crippen LogP contribution in [0.3, 0.4) is 0 Å². The lowest BCUT2D eigenvalue weighted by Gasteiger charge is -2.37. The first-order valence-corrected chi connectivity index (χ1v) is 7.79. The molecule has 3 heteroatoms. The SMILES string of the molecule is CCC(C)(C)N(C)c1nc(C)cc(C)c1CNC1CC1. The van der Waals surface area contributed by atoms with E-state index in [-0.39, 0.29) is 5.54 Å². The molecule has 0 unspecified atom stereocenters. The van der Waals surface area contributed by atoms with E-state index in [0.29, 0.717) is 0 Å². The molecule has 0 aromatic carbocycles. The normalized spacial score (nSPS) is 15.5. The van der Waals surface area contributed by atoms with E-state index in [1.165, 1.54) is 24.0 Å². The third-order valence-electron chi connectivity index (χ3n) is 4.69. The Morgan fingerprint density at radius 3 is 2.55 bits per heavy atom. The molecule has 20 heavy (non-hydrogen) atoms. The standard InChI is InChI=1S/C17H29N3/c1-7-17(4,5)20(6)16-15(11-18-14-8-9-14)12(2)10-13(3)19-16/h10,14,18H,7-9,11H2,1-6H3. The summed E-state index contributed by atoms with van der Waals surface area (Å²) < 4.78 is 0. The summed E-state index contributed by atoms with van der Waals surface area (Å²) in [6, 6.07) is 2.92. The molecular formula is C17H29N3. The van der Waals surface area contributed by atoms with Gasteiger partial charge in [0.2, 0.25) is 0 Å². The molecule has 1 saturated carbocycles. The van der Waals surface area contributed by atoms with Gasteiger partial charge in [-0.3, -0.25) is 0 Å². The van der Waals surface area contributed by atoms with Crippen LogP contribution in [0.1, 0.15) is 56.9 Å². The van der Waals surface area contributed by atoms with E-state index in [1.54, 1.807) is 0 Å². The van der Waals surface area contributed by atoms with Gasteiger partial charge in [-0.15, -0.1) is 0 Å². The van der Waals surface area contributed by atoms with Crippen molar-refractivity contribution >= 4 is 5.82 Å². The predicted octanol–water partition coefficient (Wildman–Crippen LogP) is 3.58. The maximum Gasteiger partial charge on any atom is 0.133 e. The minimum Gasteiger partial charge on any atom is -0.354 e. The van der Waals surface area contributed by atoms with E-state index in [0.717, 1.165) is 30.5 Å². The lowest BCUT2D eigenvalue weighted by Crippen LogP contribution is -2.42. The van der Waals surface area contributed by atoms with E-state index in [9.17, 15) is 0 Å². The van der Waals surface area contributed by atoms with Crippen molar-refractivity contribution in [2.75, 3.05) is 11.9 Å². The van der Waals surface area contributed by atoms with Gasteiger partial charge in [0.15, 0.2) is 0 Å². The van der Waals surface area contributed by atoms with Gasteiger partial charge >= 0.3 is 0 Å². The fourth-order valence-electron chi connectivity index (χ4n) is 2.40. The average Bonchev–Trinajstić information content (AvgIpc) is 3.20. The first-order chi connectivity index (χ1) is 9.35. The van der Waals surface area contributed by atoms with E-state index in [1.807, 2.05) is 0 Å². The van der Waals surface area contributed by atoms with Gasteiger partial charge in [-0.2, -0.15) is 0 Å². The number of nitrogens with one attached hydrogen (secondary N) is 1. The first-order valence-electron chi connectivity index (χ1n) is 7.79. The van der Waals surface area contributed by atoms with Crippen LogP contribution in [0.5, 0.6) is 0 Å². The van der Waals surface area contributed by atoms with Crippen molar-refractivity contribution in [1.82, 2.24) is 10.3 Å². The molecule has 1 aliphatic rings. The third kappa shape index (κ3) is 3.32.